The van der Waals surface area contributed by atoms with Crippen LogP contribution in [0.2, 0.25) is 0 Å². The fourth-order valence-corrected chi connectivity index (χ4v) is 3.22. The Labute approximate surface area is 143 Å². The topological polar surface area (TPSA) is 45.2 Å². The summed E-state index contributed by atoms with van der Waals surface area (Å²) in [6, 6.07) is 9.94. The standard InChI is InChI=1S/C20H25N3O/c1-14-6-7-16(3)18(11-14)22-20(24)19-12-17(8-9-21-19)23-10-4-5-15(2)13-23/h6-9,11-12,15H,4-5,10,13H2,1-3H3,(H,22,24). The van der Waals surface area contributed by atoms with Crippen molar-refractivity contribution < 1.29 is 4.79 Å². The zero-order valence-corrected chi connectivity index (χ0v) is 14.7. The summed E-state index contributed by atoms with van der Waals surface area (Å²) >= 11 is 0. The van der Waals surface area contributed by atoms with Gasteiger partial charge in [-0.1, -0.05) is 19.1 Å². The minimum atomic E-state index is -0.157. The number of hydrogen-bond donors (Lipinski definition) is 1. The van der Waals surface area contributed by atoms with Gasteiger partial charge in [-0.2, -0.15) is 0 Å². The number of aromatic nitrogens is 1. The highest BCUT2D eigenvalue weighted by molar-refractivity contribution is 6.03. The fraction of sp³-hybridized carbons (Fsp3) is 0.400. The number of amides is 1. The van der Waals surface area contributed by atoms with Crippen molar-refractivity contribution in [3.05, 3.63) is 53.3 Å². The minimum Gasteiger partial charge on any atom is -0.371 e. The lowest BCUT2D eigenvalue weighted by Crippen LogP contribution is -2.34. The number of carbonyl (C=O) groups excluding carboxylic acids is 1. The molecule has 0 aliphatic carbocycles. The van der Waals surface area contributed by atoms with Crippen molar-refractivity contribution in [2.45, 2.75) is 33.6 Å². The molecule has 2 aromatic rings. The SMILES string of the molecule is Cc1ccc(C)c(NC(=O)c2cc(N3CCCC(C)C3)ccn2)c1. The lowest BCUT2D eigenvalue weighted by molar-refractivity contribution is 0.102. The van der Waals surface area contributed by atoms with E-state index in [1.54, 1.807) is 6.20 Å². The molecule has 24 heavy (non-hydrogen) atoms. The van der Waals surface area contributed by atoms with Crippen molar-refractivity contribution in [1.82, 2.24) is 4.98 Å². The van der Waals surface area contributed by atoms with E-state index < -0.39 is 0 Å². The number of hydrogen-bond acceptors (Lipinski definition) is 3. The van der Waals surface area contributed by atoms with Crippen LogP contribution in [0.1, 0.15) is 41.4 Å². The molecule has 0 radical (unpaired) electrons. The molecule has 0 spiro atoms. The first-order valence-corrected chi connectivity index (χ1v) is 8.62. The molecule has 3 rings (SSSR count). The van der Waals surface area contributed by atoms with Crippen molar-refractivity contribution in [2.75, 3.05) is 23.3 Å². The number of benzene rings is 1. The van der Waals surface area contributed by atoms with Gasteiger partial charge in [0.25, 0.3) is 5.91 Å². The third-order valence-electron chi connectivity index (χ3n) is 4.64. The molecule has 1 aliphatic rings. The molecule has 1 aliphatic heterocycles. The van der Waals surface area contributed by atoms with Crippen molar-refractivity contribution in [3.63, 3.8) is 0 Å². The molecule has 0 saturated carbocycles. The average Bonchev–Trinajstić information content (AvgIpc) is 2.58. The summed E-state index contributed by atoms with van der Waals surface area (Å²) in [6.45, 7) is 8.38. The Morgan fingerprint density at radius 3 is 2.88 bits per heavy atom. The predicted molar refractivity (Wildman–Crippen MR) is 98.7 cm³/mol. The Morgan fingerprint density at radius 2 is 2.08 bits per heavy atom. The molecule has 1 unspecified atom stereocenters. The third-order valence-corrected chi connectivity index (χ3v) is 4.64. The largest absolute Gasteiger partial charge is 0.371 e. The summed E-state index contributed by atoms with van der Waals surface area (Å²) in [5.74, 6) is 0.537. The molecule has 1 saturated heterocycles. The molecular formula is C20H25N3O. The zero-order chi connectivity index (χ0) is 17.1. The van der Waals surface area contributed by atoms with Gasteiger partial charge in [-0.05, 0) is 61.9 Å². The van der Waals surface area contributed by atoms with Gasteiger partial charge in [0.05, 0.1) is 0 Å². The first kappa shape index (κ1) is 16.5. The van der Waals surface area contributed by atoms with E-state index >= 15 is 0 Å². The highest BCUT2D eigenvalue weighted by Gasteiger charge is 2.18. The molecule has 4 heteroatoms. The summed E-state index contributed by atoms with van der Waals surface area (Å²) in [5.41, 5.74) is 4.57. The Balaban J connectivity index is 1.78. The normalized spacial score (nSPS) is 17.6. The Kier molecular flexibility index (Phi) is 4.84. The van der Waals surface area contributed by atoms with Gasteiger partial charge in [0.15, 0.2) is 0 Å². The molecule has 2 heterocycles. The van der Waals surface area contributed by atoms with E-state index in [0.29, 0.717) is 11.6 Å². The summed E-state index contributed by atoms with van der Waals surface area (Å²) in [7, 11) is 0. The fourth-order valence-electron chi connectivity index (χ4n) is 3.22. The molecule has 1 aromatic carbocycles. The van der Waals surface area contributed by atoms with Gasteiger partial charge in [-0.25, -0.2) is 0 Å². The monoisotopic (exact) mass is 323 g/mol. The number of carbonyl (C=O) groups is 1. The van der Waals surface area contributed by atoms with Gasteiger partial charge in [-0.3, -0.25) is 9.78 Å². The molecule has 1 N–H and O–H groups in total. The predicted octanol–water partition coefficient (Wildman–Crippen LogP) is 4.19. The second kappa shape index (κ2) is 7.04. The lowest BCUT2D eigenvalue weighted by Gasteiger charge is -2.32. The Morgan fingerprint density at radius 1 is 1.25 bits per heavy atom. The molecular weight excluding hydrogens is 298 g/mol. The van der Waals surface area contributed by atoms with Crippen LogP contribution in [0, 0.1) is 19.8 Å². The van der Waals surface area contributed by atoms with Crippen LogP contribution in [0.5, 0.6) is 0 Å². The summed E-state index contributed by atoms with van der Waals surface area (Å²) in [6.07, 6.45) is 4.21. The van der Waals surface area contributed by atoms with Gasteiger partial charge in [0.2, 0.25) is 0 Å². The van der Waals surface area contributed by atoms with E-state index in [1.807, 2.05) is 44.2 Å². The van der Waals surface area contributed by atoms with Gasteiger partial charge in [-0.15, -0.1) is 0 Å². The van der Waals surface area contributed by atoms with Crippen molar-refractivity contribution in [2.24, 2.45) is 5.92 Å². The molecule has 1 fully saturated rings. The van der Waals surface area contributed by atoms with Gasteiger partial charge in [0, 0.05) is 30.7 Å². The van der Waals surface area contributed by atoms with E-state index in [1.165, 1.54) is 12.8 Å². The molecule has 1 aromatic heterocycles. The van der Waals surface area contributed by atoms with E-state index in [4.69, 9.17) is 0 Å². The van der Waals surface area contributed by atoms with E-state index in [9.17, 15) is 4.79 Å². The Hall–Kier alpha value is -2.36. The quantitative estimate of drug-likeness (QED) is 0.921. The van der Waals surface area contributed by atoms with Gasteiger partial charge >= 0.3 is 0 Å². The van der Waals surface area contributed by atoms with Crippen LogP contribution in [0.25, 0.3) is 0 Å². The number of rotatable bonds is 3. The summed E-state index contributed by atoms with van der Waals surface area (Å²) < 4.78 is 0. The summed E-state index contributed by atoms with van der Waals surface area (Å²) in [5, 5.41) is 2.99. The van der Waals surface area contributed by atoms with E-state index in [-0.39, 0.29) is 5.91 Å². The van der Waals surface area contributed by atoms with E-state index in [2.05, 4.69) is 22.1 Å². The van der Waals surface area contributed by atoms with Crippen LogP contribution < -0.4 is 10.2 Å². The molecule has 126 valence electrons. The number of pyridine rings is 1. The Bertz CT molecular complexity index is 741. The maximum absolute atomic E-state index is 12.6. The lowest BCUT2D eigenvalue weighted by atomic mass is 10.00. The second-order valence-corrected chi connectivity index (χ2v) is 6.87. The third kappa shape index (κ3) is 3.75. The van der Waals surface area contributed by atoms with E-state index in [0.717, 1.165) is 35.6 Å². The maximum Gasteiger partial charge on any atom is 0.274 e. The first-order chi connectivity index (χ1) is 11.5. The number of nitrogens with zero attached hydrogens (tertiary/aromatic N) is 2. The highest BCUT2D eigenvalue weighted by atomic mass is 16.1. The van der Waals surface area contributed by atoms with Crippen molar-refractivity contribution in [1.29, 1.82) is 0 Å². The molecule has 1 amide bonds. The highest BCUT2D eigenvalue weighted by Crippen LogP contribution is 2.23. The first-order valence-electron chi connectivity index (χ1n) is 8.62. The average molecular weight is 323 g/mol. The van der Waals surface area contributed by atoms with Crippen molar-refractivity contribution >= 4 is 17.3 Å². The van der Waals surface area contributed by atoms with Crippen LogP contribution in [-0.4, -0.2) is 24.0 Å². The molecule has 0 bridgehead atoms. The van der Waals surface area contributed by atoms with Gasteiger partial charge in [0.1, 0.15) is 5.69 Å². The minimum absolute atomic E-state index is 0.157. The second-order valence-electron chi connectivity index (χ2n) is 6.87. The smallest absolute Gasteiger partial charge is 0.274 e. The van der Waals surface area contributed by atoms with Crippen LogP contribution in [0.4, 0.5) is 11.4 Å². The van der Waals surface area contributed by atoms with Crippen LogP contribution in [-0.2, 0) is 0 Å². The van der Waals surface area contributed by atoms with Crippen LogP contribution in [0.3, 0.4) is 0 Å². The summed E-state index contributed by atoms with van der Waals surface area (Å²) in [4.78, 5) is 19.2. The van der Waals surface area contributed by atoms with Crippen LogP contribution >= 0.6 is 0 Å². The number of piperidine rings is 1. The number of aryl methyl sites for hydroxylation is 2. The maximum atomic E-state index is 12.6. The van der Waals surface area contributed by atoms with Gasteiger partial charge < -0.3 is 10.2 Å². The molecule has 1 atom stereocenters. The van der Waals surface area contributed by atoms with Crippen molar-refractivity contribution in [3.8, 4) is 0 Å². The van der Waals surface area contributed by atoms with Crippen LogP contribution in [0.15, 0.2) is 36.5 Å². The molecule has 4 nitrogen and oxygen atoms in total. The number of nitrogens with one attached hydrogen (secondary N) is 1. The zero-order valence-electron chi connectivity index (χ0n) is 14.7. The number of anilines is 2.